The number of hydrogen-bond donors (Lipinski definition) is 0. The van der Waals surface area contributed by atoms with Gasteiger partial charge in [-0.1, -0.05) is 45.2 Å². The molecule has 0 aromatic heterocycles. The summed E-state index contributed by atoms with van der Waals surface area (Å²) in [7, 11) is 0. The first-order valence-electron chi connectivity index (χ1n) is 9.99. The van der Waals surface area contributed by atoms with Gasteiger partial charge in [-0.15, -0.1) is 0 Å². The van der Waals surface area contributed by atoms with Crippen LogP contribution in [-0.2, 0) is 6.42 Å². The average molecular weight is 317 g/mol. The third-order valence-corrected chi connectivity index (χ3v) is 6.84. The van der Waals surface area contributed by atoms with Gasteiger partial charge in [-0.2, -0.15) is 0 Å². The summed E-state index contributed by atoms with van der Waals surface area (Å²) in [6.07, 6.45) is 13.3. The maximum Gasteiger partial charge on any atom is 0.126 e. The quantitative estimate of drug-likeness (QED) is 0.568. The van der Waals surface area contributed by atoms with Crippen LogP contribution in [0.4, 0.5) is 4.39 Å². The molecule has 2 fully saturated rings. The molecule has 0 aliphatic heterocycles. The Hall–Kier alpha value is -0.850. The lowest BCUT2D eigenvalue weighted by Gasteiger charge is -2.38. The van der Waals surface area contributed by atoms with Crippen LogP contribution in [0.2, 0.25) is 0 Å². The van der Waals surface area contributed by atoms with Crippen LogP contribution in [0.1, 0.15) is 88.7 Å². The second kappa shape index (κ2) is 7.81. The van der Waals surface area contributed by atoms with E-state index in [2.05, 4.69) is 13.0 Å². The van der Waals surface area contributed by atoms with E-state index in [-0.39, 0.29) is 5.82 Å². The van der Waals surface area contributed by atoms with Crippen LogP contribution >= 0.6 is 0 Å². The smallest absolute Gasteiger partial charge is 0.126 e. The molecule has 0 radical (unpaired) electrons. The predicted octanol–water partition coefficient (Wildman–Crippen LogP) is 6.88. The third kappa shape index (κ3) is 3.98. The van der Waals surface area contributed by atoms with Gasteiger partial charge in [0.15, 0.2) is 0 Å². The molecule has 0 atom stereocenters. The maximum atomic E-state index is 14.0. The van der Waals surface area contributed by atoms with E-state index in [1.807, 2.05) is 19.1 Å². The molecule has 23 heavy (non-hydrogen) atoms. The molecule has 128 valence electrons. The van der Waals surface area contributed by atoms with Crippen molar-refractivity contribution in [1.29, 1.82) is 0 Å². The van der Waals surface area contributed by atoms with Crippen molar-refractivity contribution in [2.75, 3.05) is 0 Å². The molecule has 0 spiro atoms. The Morgan fingerprint density at radius 2 is 1.48 bits per heavy atom. The van der Waals surface area contributed by atoms with Gasteiger partial charge < -0.3 is 0 Å². The number of halogens is 1. The minimum atomic E-state index is 0.00464. The van der Waals surface area contributed by atoms with Gasteiger partial charge in [0.25, 0.3) is 0 Å². The summed E-state index contributed by atoms with van der Waals surface area (Å²) < 4.78 is 14.0. The van der Waals surface area contributed by atoms with Crippen LogP contribution in [0, 0.1) is 23.6 Å². The Bertz CT molecular complexity index is 491. The lowest BCUT2D eigenvalue weighted by atomic mass is 9.68. The van der Waals surface area contributed by atoms with E-state index in [9.17, 15) is 4.39 Å². The highest BCUT2D eigenvalue weighted by Gasteiger charge is 2.31. The second-order valence-corrected chi connectivity index (χ2v) is 8.01. The summed E-state index contributed by atoms with van der Waals surface area (Å²) in [4.78, 5) is 0. The Kier molecular flexibility index (Phi) is 5.77. The van der Waals surface area contributed by atoms with Crippen molar-refractivity contribution in [3.8, 4) is 0 Å². The zero-order valence-corrected chi connectivity index (χ0v) is 15.0. The van der Waals surface area contributed by atoms with E-state index in [4.69, 9.17) is 0 Å². The van der Waals surface area contributed by atoms with Gasteiger partial charge in [0, 0.05) is 0 Å². The van der Waals surface area contributed by atoms with Crippen LogP contribution < -0.4 is 0 Å². The molecule has 0 saturated heterocycles. The van der Waals surface area contributed by atoms with Crippen LogP contribution in [0.5, 0.6) is 0 Å². The molecule has 2 saturated carbocycles. The summed E-state index contributed by atoms with van der Waals surface area (Å²) >= 11 is 0. The molecule has 0 amide bonds. The minimum absolute atomic E-state index is 0.00464. The zero-order valence-electron chi connectivity index (χ0n) is 15.0. The summed E-state index contributed by atoms with van der Waals surface area (Å²) in [5.74, 6) is 3.54. The van der Waals surface area contributed by atoms with Crippen molar-refractivity contribution >= 4 is 0 Å². The lowest BCUT2D eigenvalue weighted by Crippen LogP contribution is -2.25. The molecule has 1 aromatic carbocycles. The molecule has 0 N–H and O–H groups in total. The van der Waals surface area contributed by atoms with Gasteiger partial charge in [-0.25, -0.2) is 4.39 Å². The first-order valence-corrected chi connectivity index (χ1v) is 9.99. The molecule has 0 bridgehead atoms. The number of aryl methyl sites for hydroxylation is 1. The SMILES string of the molecule is CCc1ccc([C@H]2CC[C@H]([C@H]3CC[C@H](CC)CC3)CC2)cc1F. The van der Waals surface area contributed by atoms with Gasteiger partial charge in [-0.3, -0.25) is 0 Å². The van der Waals surface area contributed by atoms with Gasteiger partial charge in [-0.05, 0) is 85.8 Å². The number of hydrogen-bond acceptors (Lipinski definition) is 0. The molecule has 2 aliphatic carbocycles. The highest BCUT2D eigenvalue weighted by molar-refractivity contribution is 5.27. The normalized spacial score (nSPS) is 32.0. The molecule has 1 aromatic rings. The molecule has 2 aliphatic rings. The summed E-state index contributed by atoms with van der Waals surface area (Å²) in [5.41, 5.74) is 2.10. The lowest BCUT2D eigenvalue weighted by molar-refractivity contribution is 0.158. The van der Waals surface area contributed by atoms with Crippen molar-refractivity contribution in [3.63, 3.8) is 0 Å². The zero-order chi connectivity index (χ0) is 16.2. The molecular weight excluding hydrogens is 283 g/mol. The second-order valence-electron chi connectivity index (χ2n) is 8.01. The predicted molar refractivity (Wildman–Crippen MR) is 96.2 cm³/mol. The average Bonchev–Trinajstić information content (AvgIpc) is 2.62. The van der Waals surface area contributed by atoms with Crippen molar-refractivity contribution < 1.29 is 4.39 Å². The molecule has 1 heteroatoms. The standard InChI is InChI=1S/C22H33F/c1-3-16-5-7-18(8-6-16)19-10-12-20(13-11-19)21-14-9-17(4-2)22(23)15-21/h9,14-16,18-20H,3-8,10-13H2,1-2H3/t16-,18-,19-,20-. The van der Waals surface area contributed by atoms with Crippen molar-refractivity contribution in [3.05, 3.63) is 35.1 Å². The first-order chi connectivity index (χ1) is 11.2. The Morgan fingerprint density at radius 1 is 0.870 bits per heavy atom. The van der Waals surface area contributed by atoms with Crippen LogP contribution in [0.25, 0.3) is 0 Å². The molecule has 3 rings (SSSR count). The number of benzene rings is 1. The van der Waals surface area contributed by atoms with E-state index >= 15 is 0 Å². The third-order valence-electron chi connectivity index (χ3n) is 6.84. The fourth-order valence-corrected chi connectivity index (χ4v) is 5.10. The summed E-state index contributed by atoms with van der Waals surface area (Å²) in [6, 6.07) is 6.00. The van der Waals surface area contributed by atoms with E-state index in [0.29, 0.717) is 5.92 Å². The van der Waals surface area contributed by atoms with Gasteiger partial charge in [0.1, 0.15) is 5.82 Å². The van der Waals surface area contributed by atoms with E-state index in [1.165, 1.54) is 63.4 Å². The topological polar surface area (TPSA) is 0 Å². The van der Waals surface area contributed by atoms with E-state index < -0.39 is 0 Å². The highest BCUT2D eigenvalue weighted by Crippen LogP contribution is 2.44. The summed E-state index contributed by atoms with van der Waals surface area (Å²) in [5, 5.41) is 0. The number of rotatable bonds is 4. The van der Waals surface area contributed by atoms with Crippen molar-refractivity contribution in [2.45, 2.75) is 84.0 Å². The fraction of sp³-hybridized carbons (Fsp3) is 0.727. The molecular formula is C22H33F. The van der Waals surface area contributed by atoms with Crippen molar-refractivity contribution in [2.24, 2.45) is 17.8 Å². The van der Waals surface area contributed by atoms with E-state index in [1.54, 1.807) is 0 Å². The fourth-order valence-electron chi connectivity index (χ4n) is 5.10. The minimum Gasteiger partial charge on any atom is -0.207 e. The molecule has 0 heterocycles. The first kappa shape index (κ1) is 17.0. The van der Waals surface area contributed by atoms with Gasteiger partial charge in [0.2, 0.25) is 0 Å². The molecule has 0 unspecified atom stereocenters. The van der Waals surface area contributed by atoms with E-state index in [0.717, 1.165) is 29.7 Å². The Morgan fingerprint density at radius 3 is 2.00 bits per heavy atom. The van der Waals surface area contributed by atoms with Crippen molar-refractivity contribution in [1.82, 2.24) is 0 Å². The monoisotopic (exact) mass is 316 g/mol. The highest BCUT2D eigenvalue weighted by atomic mass is 19.1. The van der Waals surface area contributed by atoms with Crippen LogP contribution in [0.15, 0.2) is 18.2 Å². The Labute approximate surface area is 141 Å². The summed E-state index contributed by atoms with van der Waals surface area (Å²) in [6.45, 7) is 4.37. The van der Waals surface area contributed by atoms with Crippen LogP contribution in [-0.4, -0.2) is 0 Å². The molecule has 0 nitrogen and oxygen atoms in total. The van der Waals surface area contributed by atoms with Gasteiger partial charge in [0.05, 0.1) is 0 Å². The van der Waals surface area contributed by atoms with Crippen LogP contribution in [0.3, 0.4) is 0 Å². The van der Waals surface area contributed by atoms with Gasteiger partial charge >= 0.3 is 0 Å². The maximum absolute atomic E-state index is 14.0. The Balaban J connectivity index is 1.53. The largest absolute Gasteiger partial charge is 0.207 e.